The monoisotopic (exact) mass is 351 g/mol. The number of carbonyl (C=O) groups excluding carboxylic acids is 2. The molecule has 2 fully saturated rings. The molecule has 1 aromatic rings. The lowest BCUT2D eigenvalue weighted by Crippen LogP contribution is -2.60. The van der Waals surface area contributed by atoms with Gasteiger partial charge in [0.05, 0.1) is 17.5 Å². The molecule has 4 rings (SSSR count). The largest absolute Gasteiger partial charge is 0.332 e. The number of aryl methyl sites for hydroxylation is 2. The second-order valence-corrected chi connectivity index (χ2v) is 8.00. The van der Waals surface area contributed by atoms with Crippen molar-refractivity contribution in [2.45, 2.75) is 64.1 Å². The quantitative estimate of drug-likeness (QED) is 0.823. The normalized spacial score (nSPS) is 33.2. The summed E-state index contributed by atoms with van der Waals surface area (Å²) in [6, 6.07) is 7.54. The number of carbonyl (C=O) groups is 2. The molecule has 0 N–H and O–H groups in total. The van der Waals surface area contributed by atoms with E-state index in [1.807, 2.05) is 6.92 Å². The van der Waals surface area contributed by atoms with Gasteiger partial charge in [-0.3, -0.25) is 9.59 Å². The third-order valence-corrected chi connectivity index (χ3v) is 6.81. The van der Waals surface area contributed by atoms with Gasteiger partial charge < -0.3 is 9.80 Å². The topological polar surface area (TPSA) is 64.4 Å². The molecule has 0 bridgehead atoms. The van der Waals surface area contributed by atoms with Gasteiger partial charge in [0.15, 0.2) is 0 Å². The smallest absolute Gasteiger partial charge is 0.246 e. The molecule has 0 spiro atoms. The summed E-state index contributed by atoms with van der Waals surface area (Å²) in [6.07, 6.45) is 4.35. The summed E-state index contributed by atoms with van der Waals surface area (Å²) in [6.45, 7) is 3.76. The van der Waals surface area contributed by atoms with Gasteiger partial charge in [-0.15, -0.1) is 0 Å². The molecule has 2 saturated heterocycles. The summed E-state index contributed by atoms with van der Waals surface area (Å²) in [5.41, 5.74) is 2.99. The van der Waals surface area contributed by atoms with E-state index in [0.717, 1.165) is 24.8 Å². The zero-order chi connectivity index (χ0) is 18.6. The summed E-state index contributed by atoms with van der Waals surface area (Å²) in [5, 5.41) is 10.1. The van der Waals surface area contributed by atoms with Crippen LogP contribution in [0.2, 0.25) is 0 Å². The molecule has 4 atom stereocenters. The molecule has 0 aromatic heterocycles. The fraction of sp³-hybridized carbons (Fsp3) is 0.571. The van der Waals surface area contributed by atoms with Crippen LogP contribution in [0.25, 0.3) is 0 Å². The Morgan fingerprint density at radius 1 is 1.23 bits per heavy atom. The summed E-state index contributed by atoms with van der Waals surface area (Å²) in [4.78, 5) is 29.3. The molecule has 26 heavy (non-hydrogen) atoms. The third-order valence-electron chi connectivity index (χ3n) is 6.81. The van der Waals surface area contributed by atoms with Gasteiger partial charge in [-0.05, 0) is 55.7 Å². The first-order valence-corrected chi connectivity index (χ1v) is 9.55. The number of nitrogens with zero attached hydrogens (tertiary/aromatic N) is 3. The number of amides is 2. The Labute approximate surface area is 154 Å². The Morgan fingerprint density at radius 2 is 1.96 bits per heavy atom. The first kappa shape index (κ1) is 17.1. The van der Waals surface area contributed by atoms with Crippen LogP contribution in [0, 0.1) is 16.7 Å². The molecule has 3 aliphatic rings. The highest BCUT2D eigenvalue weighted by Crippen LogP contribution is 2.54. The van der Waals surface area contributed by atoms with Crippen molar-refractivity contribution < 1.29 is 9.59 Å². The molecule has 5 nitrogen and oxygen atoms in total. The summed E-state index contributed by atoms with van der Waals surface area (Å²) < 4.78 is 0. The van der Waals surface area contributed by atoms with Crippen molar-refractivity contribution in [3.63, 3.8) is 0 Å². The van der Waals surface area contributed by atoms with E-state index < -0.39 is 17.5 Å². The number of hydrogen-bond acceptors (Lipinski definition) is 3. The Hall–Kier alpha value is -2.35. The molecule has 2 aliphatic heterocycles. The van der Waals surface area contributed by atoms with Gasteiger partial charge in [0.2, 0.25) is 11.8 Å². The lowest BCUT2D eigenvalue weighted by Gasteiger charge is -2.42. The van der Waals surface area contributed by atoms with Gasteiger partial charge in [0.25, 0.3) is 0 Å². The number of nitriles is 1. The van der Waals surface area contributed by atoms with Gasteiger partial charge in [-0.25, -0.2) is 0 Å². The highest BCUT2D eigenvalue weighted by molar-refractivity contribution is 5.97. The minimum atomic E-state index is -0.715. The average Bonchev–Trinajstić information content (AvgIpc) is 3.26. The fourth-order valence-electron chi connectivity index (χ4n) is 5.06. The molecule has 1 aromatic carbocycles. The molecular formula is C21H25N3O2. The standard InChI is InChI=1S/C21H25N3O2/c1-4-21(12-22)11-17-20(26)23(3)13(2)19(25)24(17)18(21)16-9-8-14-6-5-7-15(14)10-16/h8-10,13,17-18H,4-7,11H2,1-3H3/t13-,17+,18+,21?/m1/s1. The van der Waals surface area contributed by atoms with E-state index in [-0.39, 0.29) is 17.9 Å². The fourth-order valence-corrected chi connectivity index (χ4v) is 5.06. The van der Waals surface area contributed by atoms with E-state index in [1.54, 1.807) is 18.9 Å². The highest BCUT2D eigenvalue weighted by Gasteiger charge is 2.59. The third kappa shape index (κ3) is 2.14. The maximum absolute atomic E-state index is 13.1. The molecular weight excluding hydrogens is 326 g/mol. The van der Waals surface area contributed by atoms with Gasteiger partial charge in [-0.2, -0.15) is 5.26 Å². The molecule has 2 amide bonds. The average molecular weight is 351 g/mol. The van der Waals surface area contributed by atoms with Crippen molar-refractivity contribution in [3.8, 4) is 6.07 Å². The second kappa shape index (κ2) is 5.84. The zero-order valence-electron chi connectivity index (χ0n) is 15.7. The molecule has 136 valence electrons. The van der Waals surface area contributed by atoms with Crippen LogP contribution >= 0.6 is 0 Å². The lowest BCUT2D eigenvalue weighted by molar-refractivity contribution is -0.159. The number of benzene rings is 1. The van der Waals surface area contributed by atoms with Crippen molar-refractivity contribution in [1.29, 1.82) is 5.26 Å². The molecule has 0 saturated carbocycles. The number of hydrogen-bond donors (Lipinski definition) is 0. The Balaban J connectivity index is 1.85. The SMILES string of the molecule is CCC1(C#N)C[C@H]2C(=O)N(C)[C@H](C)C(=O)N2[C@H]1c1ccc2c(c1)CCC2. The highest BCUT2D eigenvalue weighted by atomic mass is 16.2. The van der Waals surface area contributed by atoms with Gasteiger partial charge in [0, 0.05) is 7.05 Å². The first-order valence-electron chi connectivity index (χ1n) is 9.55. The second-order valence-electron chi connectivity index (χ2n) is 8.00. The van der Waals surface area contributed by atoms with E-state index in [1.165, 1.54) is 16.0 Å². The van der Waals surface area contributed by atoms with E-state index in [4.69, 9.17) is 0 Å². The van der Waals surface area contributed by atoms with E-state index in [0.29, 0.717) is 12.8 Å². The van der Waals surface area contributed by atoms with Crippen molar-refractivity contribution in [2.75, 3.05) is 7.05 Å². The van der Waals surface area contributed by atoms with Gasteiger partial charge in [-0.1, -0.05) is 25.1 Å². The molecule has 1 unspecified atom stereocenters. The maximum atomic E-state index is 13.1. The Bertz CT molecular complexity index is 827. The molecule has 1 aliphatic carbocycles. The van der Waals surface area contributed by atoms with E-state index >= 15 is 0 Å². The number of rotatable bonds is 2. The van der Waals surface area contributed by atoms with Crippen LogP contribution in [-0.4, -0.2) is 40.7 Å². The predicted octanol–water partition coefficient (Wildman–Crippen LogP) is 2.60. The van der Waals surface area contributed by atoms with Crippen LogP contribution in [0.3, 0.4) is 0 Å². The van der Waals surface area contributed by atoms with E-state index in [9.17, 15) is 14.9 Å². The van der Waals surface area contributed by atoms with Crippen LogP contribution in [0.1, 0.15) is 55.8 Å². The van der Waals surface area contributed by atoms with Gasteiger partial charge in [0.1, 0.15) is 12.1 Å². The van der Waals surface area contributed by atoms with Crippen molar-refractivity contribution in [2.24, 2.45) is 5.41 Å². The lowest BCUT2D eigenvalue weighted by atomic mass is 9.75. The van der Waals surface area contributed by atoms with Crippen LogP contribution in [-0.2, 0) is 22.4 Å². The maximum Gasteiger partial charge on any atom is 0.246 e. The van der Waals surface area contributed by atoms with Crippen molar-refractivity contribution in [1.82, 2.24) is 9.80 Å². The summed E-state index contributed by atoms with van der Waals surface area (Å²) in [7, 11) is 1.69. The summed E-state index contributed by atoms with van der Waals surface area (Å²) in [5.74, 6) is -0.0954. The van der Waals surface area contributed by atoms with Crippen molar-refractivity contribution >= 4 is 11.8 Å². The molecule has 5 heteroatoms. The summed E-state index contributed by atoms with van der Waals surface area (Å²) >= 11 is 0. The van der Waals surface area contributed by atoms with Crippen LogP contribution in [0.4, 0.5) is 0 Å². The number of likely N-dealkylation sites (N-methyl/N-ethyl adjacent to an activating group) is 1. The zero-order valence-corrected chi connectivity index (χ0v) is 15.7. The first-order chi connectivity index (χ1) is 12.4. The van der Waals surface area contributed by atoms with E-state index in [2.05, 4.69) is 24.3 Å². The minimum Gasteiger partial charge on any atom is -0.332 e. The Morgan fingerprint density at radius 3 is 2.65 bits per heavy atom. The van der Waals surface area contributed by atoms with Crippen LogP contribution < -0.4 is 0 Å². The number of fused-ring (bicyclic) bond motifs is 2. The molecule has 2 heterocycles. The van der Waals surface area contributed by atoms with Crippen LogP contribution in [0.5, 0.6) is 0 Å². The van der Waals surface area contributed by atoms with Gasteiger partial charge >= 0.3 is 0 Å². The number of piperazine rings is 1. The molecule has 0 radical (unpaired) electrons. The minimum absolute atomic E-state index is 0.0474. The Kier molecular flexibility index (Phi) is 3.83. The van der Waals surface area contributed by atoms with Crippen molar-refractivity contribution in [3.05, 3.63) is 34.9 Å². The predicted molar refractivity (Wildman–Crippen MR) is 97.0 cm³/mol. The van der Waals surface area contributed by atoms with Crippen LogP contribution in [0.15, 0.2) is 18.2 Å².